The van der Waals surface area contributed by atoms with E-state index in [0.29, 0.717) is 14.7 Å². The van der Waals surface area contributed by atoms with Gasteiger partial charge in [-0.2, -0.15) is 0 Å². The lowest BCUT2D eigenvalue weighted by molar-refractivity contribution is 1.02. The van der Waals surface area contributed by atoms with Gasteiger partial charge < -0.3 is 4.98 Å². The molecule has 0 aliphatic rings. The van der Waals surface area contributed by atoms with Crippen molar-refractivity contribution in [3.63, 3.8) is 0 Å². The Hall–Kier alpha value is -0.900. The molecular formula is C12H10Cl2N2S. The lowest BCUT2D eigenvalue weighted by Gasteiger charge is -2.08. The van der Waals surface area contributed by atoms with Gasteiger partial charge in [-0.3, -0.25) is 0 Å². The molecule has 0 fully saturated rings. The topological polar surface area (TPSA) is 28.7 Å². The molecule has 1 heterocycles. The average molecular weight is 285 g/mol. The lowest BCUT2D eigenvalue weighted by Crippen LogP contribution is -1.96. The predicted octanol–water partition coefficient (Wildman–Crippen LogP) is 4.73. The Labute approximate surface area is 115 Å². The maximum Gasteiger partial charge on any atom is 0.133 e. The summed E-state index contributed by atoms with van der Waals surface area (Å²) in [5.74, 6) is 0.770. The molecule has 1 aromatic carbocycles. The number of rotatable bonds is 1. The minimum absolute atomic E-state index is 0.590. The fourth-order valence-electron chi connectivity index (χ4n) is 1.63. The van der Waals surface area contributed by atoms with Crippen molar-refractivity contribution in [1.29, 1.82) is 0 Å². The number of halogens is 2. The van der Waals surface area contributed by atoms with Crippen LogP contribution in [0.3, 0.4) is 0 Å². The zero-order valence-electron chi connectivity index (χ0n) is 9.34. The SMILES string of the molecule is Cc1nc(=S)c(C)c(-c2cc(Cl)cc(Cl)c2)[nH]1. The molecule has 0 spiro atoms. The van der Waals surface area contributed by atoms with Crippen molar-refractivity contribution >= 4 is 35.4 Å². The third kappa shape index (κ3) is 2.68. The Bertz CT molecular complexity index is 615. The molecule has 1 N–H and O–H groups in total. The van der Waals surface area contributed by atoms with Crippen LogP contribution in [-0.4, -0.2) is 9.97 Å². The fourth-order valence-corrected chi connectivity index (χ4v) is 2.40. The third-order valence-electron chi connectivity index (χ3n) is 2.42. The Morgan fingerprint density at radius 2 is 1.71 bits per heavy atom. The first-order valence-electron chi connectivity index (χ1n) is 5.01. The Morgan fingerprint density at radius 1 is 1.12 bits per heavy atom. The van der Waals surface area contributed by atoms with Crippen LogP contribution in [0.25, 0.3) is 11.3 Å². The van der Waals surface area contributed by atoms with Crippen molar-refractivity contribution in [2.45, 2.75) is 13.8 Å². The zero-order valence-corrected chi connectivity index (χ0v) is 11.7. The van der Waals surface area contributed by atoms with Gasteiger partial charge in [0.15, 0.2) is 0 Å². The van der Waals surface area contributed by atoms with E-state index in [4.69, 9.17) is 35.4 Å². The van der Waals surface area contributed by atoms with E-state index < -0.39 is 0 Å². The Kier molecular flexibility index (Phi) is 3.52. The summed E-state index contributed by atoms with van der Waals surface area (Å²) in [6.45, 7) is 3.79. The van der Waals surface area contributed by atoms with Crippen molar-refractivity contribution < 1.29 is 0 Å². The molecule has 0 aliphatic heterocycles. The summed E-state index contributed by atoms with van der Waals surface area (Å²) in [7, 11) is 0. The molecule has 88 valence electrons. The monoisotopic (exact) mass is 284 g/mol. The normalized spacial score (nSPS) is 10.6. The molecule has 2 rings (SSSR count). The van der Waals surface area contributed by atoms with Crippen LogP contribution in [0.15, 0.2) is 18.2 Å². The predicted molar refractivity (Wildman–Crippen MR) is 74.4 cm³/mol. The van der Waals surface area contributed by atoms with Crippen LogP contribution in [0.1, 0.15) is 11.4 Å². The summed E-state index contributed by atoms with van der Waals surface area (Å²) in [5.41, 5.74) is 2.74. The van der Waals surface area contributed by atoms with Gasteiger partial charge in [0, 0.05) is 21.2 Å². The van der Waals surface area contributed by atoms with Gasteiger partial charge in [0.25, 0.3) is 0 Å². The fraction of sp³-hybridized carbons (Fsp3) is 0.167. The second-order valence-electron chi connectivity index (χ2n) is 3.79. The highest BCUT2D eigenvalue weighted by atomic mass is 35.5. The maximum atomic E-state index is 5.99. The Morgan fingerprint density at radius 3 is 2.29 bits per heavy atom. The number of benzene rings is 1. The van der Waals surface area contributed by atoms with Crippen LogP contribution in [0.2, 0.25) is 10.0 Å². The van der Waals surface area contributed by atoms with Crippen LogP contribution in [0.5, 0.6) is 0 Å². The van der Waals surface area contributed by atoms with Crippen molar-refractivity contribution in [1.82, 2.24) is 9.97 Å². The summed E-state index contributed by atoms with van der Waals surface area (Å²) in [4.78, 5) is 7.39. The van der Waals surface area contributed by atoms with Gasteiger partial charge in [-0.1, -0.05) is 35.4 Å². The molecule has 0 saturated heterocycles. The maximum absolute atomic E-state index is 5.99. The standard InChI is InChI=1S/C12H10Cl2N2S/c1-6-11(15-7(2)16-12(6)17)8-3-9(13)5-10(14)4-8/h3-5H,1-2H3,(H,15,16,17). The first-order valence-corrected chi connectivity index (χ1v) is 6.18. The molecule has 0 amide bonds. The molecular weight excluding hydrogens is 275 g/mol. The average Bonchev–Trinajstić information content (AvgIpc) is 2.22. The van der Waals surface area contributed by atoms with Crippen molar-refractivity contribution in [2.75, 3.05) is 0 Å². The van der Waals surface area contributed by atoms with E-state index in [0.717, 1.165) is 22.6 Å². The number of nitrogens with one attached hydrogen (secondary N) is 1. The van der Waals surface area contributed by atoms with E-state index >= 15 is 0 Å². The number of aromatic nitrogens is 2. The quantitative estimate of drug-likeness (QED) is 0.767. The largest absolute Gasteiger partial charge is 0.343 e. The number of nitrogens with zero attached hydrogens (tertiary/aromatic N) is 1. The number of aryl methyl sites for hydroxylation is 1. The number of hydrogen-bond acceptors (Lipinski definition) is 2. The van der Waals surface area contributed by atoms with Crippen LogP contribution in [0.4, 0.5) is 0 Å². The Balaban J connectivity index is 2.72. The molecule has 0 radical (unpaired) electrons. The van der Waals surface area contributed by atoms with Crippen molar-refractivity contribution in [2.24, 2.45) is 0 Å². The number of aromatic amines is 1. The first kappa shape index (κ1) is 12.6. The van der Waals surface area contributed by atoms with Gasteiger partial charge in [0.05, 0.1) is 5.69 Å². The van der Waals surface area contributed by atoms with Gasteiger partial charge in [0.1, 0.15) is 10.5 Å². The van der Waals surface area contributed by atoms with E-state index in [2.05, 4.69) is 9.97 Å². The molecule has 2 nitrogen and oxygen atoms in total. The molecule has 0 unspecified atom stereocenters. The van der Waals surface area contributed by atoms with Gasteiger partial charge in [-0.15, -0.1) is 0 Å². The first-order chi connectivity index (χ1) is 7.97. The molecule has 0 bridgehead atoms. The highest BCUT2D eigenvalue weighted by molar-refractivity contribution is 7.71. The van der Waals surface area contributed by atoms with E-state index in [1.807, 2.05) is 26.0 Å². The highest BCUT2D eigenvalue weighted by Crippen LogP contribution is 2.28. The minimum atomic E-state index is 0.590. The second kappa shape index (κ2) is 4.77. The molecule has 1 aromatic heterocycles. The van der Waals surface area contributed by atoms with E-state index in [9.17, 15) is 0 Å². The molecule has 17 heavy (non-hydrogen) atoms. The van der Waals surface area contributed by atoms with E-state index in [1.54, 1.807) is 6.07 Å². The molecule has 2 aromatic rings. The van der Waals surface area contributed by atoms with Crippen molar-refractivity contribution in [3.8, 4) is 11.3 Å². The minimum Gasteiger partial charge on any atom is -0.343 e. The van der Waals surface area contributed by atoms with Gasteiger partial charge in [0.2, 0.25) is 0 Å². The van der Waals surface area contributed by atoms with Crippen LogP contribution >= 0.6 is 35.4 Å². The smallest absolute Gasteiger partial charge is 0.133 e. The van der Waals surface area contributed by atoms with Crippen LogP contribution in [0, 0.1) is 18.5 Å². The lowest BCUT2D eigenvalue weighted by atomic mass is 10.1. The van der Waals surface area contributed by atoms with Gasteiger partial charge in [-0.05, 0) is 32.0 Å². The highest BCUT2D eigenvalue weighted by Gasteiger charge is 2.07. The third-order valence-corrected chi connectivity index (χ3v) is 3.26. The molecule has 0 atom stereocenters. The van der Waals surface area contributed by atoms with Gasteiger partial charge in [-0.25, -0.2) is 4.98 Å². The summed E-state index contributed by atoms with van der Waals surface area (Å²) in [6.07, 6.45) is 0. The van der Waals surface area contributed by atoms with Crippen molar-refractivity contribution in [3.05, 3.63) is 44.3 Å². The summed E-state index contributed by atoms with van der Waals surface area (Å²) in [5, 5.41) is 1.20. The van der Waals surface area contributed by atoms with E-state index in [1.165, 1.54) is 0 Å². The van der Waals surface area contributed by atoms with E-state index in [-0.39, 0.29) is 0 Å². The number of hydrogen-bond donors (Lipinski definition) is 1. The van der Waals surface area contributed by atoms with Crippen LogP contribution < -0.4 is 0 Å². The molecule has 5 heteroatoms. The van der Waals surface area contributed by atoms with Crippen LogP contribution in [-0.2, 0) is 0 Å². The summed E-state index contributed by atoms with van der Waals surface area (Å²) >= 11 is 17.2. The summed E-state index contributed by atoms with van der Waals surface area (Å²) in [6, 6.07) is 5.39. The van der Waals surface area contributed by atoms with Gasteiger partial charge >= 0.3 is 0 Å². The molecule has 0 saturated carbocycles. The summed E-state index contributed by atoms with van der Waals surface area (Å²) < 4.78 is 0.590. The second-order valence-corrected chi connectivity index (χ2v) is 5.05. The zero-order chi connectivity index (χ0) is 12.6. The number of H-pyrrole nitrogens is 1. The molecule has 0 aliphatic carbocycles.